The van der Waals surface area contributed by atoms with Gasteiger partial charge in [0.2, 0.25) is 0 Å². The van der Waals surface area contributed by atoms with Gasteiger partial charge in [-0.1, -0.05) is 47.5 Å². The summed E-state index contributed by atoms with van der Waals surface area (Å²) in [5, 5.41) is 12.6. The van der Waals surface area contributed by atoms with Crippen LogP contribution in [0, 0.1) is 6.92 Å². The number of rotatable bonds is 7. The Kier molecular flexibility index (Phi) is 7.59. The summed E-state index contributed by atoms with van der Waals surface area (Å²) in [6, 6.07) is 13.7. The Balaban J connectivity index is 1.59. The number of para-hydroxylation sites is 1. The number of amides is 1. The van der Waals surface area contributed by atoms with Crippen LogP contribution in [0.3, 0.4) is 0 Å². The van der Waals surface area contributed by atoms with Gasteiger partial charge < -0.3 is 0 Å². The lowest BCUT2D eigenvalue weighted by molar-refractivity contribution is -0.117. The predicted octanol–water partition coefficient (Wildman–Crippen LogP) is 5.22. The van der Waals surface area contributed by atoms with E-state index in [1.807, 2.05) is 0 Å². The number of halogens is 2. The quantitative estimate of drug-likeness (QED) is 0.281. The lowest BCUT2D eigenvalue weighted by Crippen LogP contribution is -2.30. The molecule has 3 aromatic rings. The van der Waals surface area contributed by atoms with Crippen LogP contribution in [0.4, 0.5) is 17.1 Å². The van der Waals surface area contributed by atoms with E-state index in [4.69, 9.17) is 23.2 Å². The summed E-state index contributed by atoms with van der Waals surface area (Å²) in [5.41, 5.74) is 1.28. The van der Waals surface area contributed by atoms with Gasteiger partial charge in [-0.05, 0) is 55.8 Å². The van der Waals surface area contributed by atoms with E-state index < -0.39 is 37.0 Å². The monoisotopic (exact) mass is 595 g/mol. The van der Waals surface area contributed by atoms with Gasteiger partial charge in [-0.3, -0.25) is 14.1 Å². The molecule has 1 aliphatic rings. The van der Waals surface area contributed by atoms with Crippen LogP contribution in [-0.2, 0) is 24.9 Å². The van der Waals surface area contributed by atoms with Crippen LogP contribution < -0.4 is 9.73 Å². The maximum absolute atomic E-state index is 13.0. The average molecular weight is 596 g/mol. The van der Waals surface area contributed by atoms with Crippen molar-refractivity contribution in [2.45, 2.75) is 29.7 Å². The molecule has 0 saturated heterocycles. The van der Waals surface area contributed by atoms with Gasteiger partial charge in [0.15, 0.2) is 6.04 Å². The highest BCUT2D eigenvalue weighted by Gasteiger charge is 2.36. The van der Waals surface area contributed by atoms with Gasteiger partial charge in [0.05, 0.1) is 32.0 Å². The zero-order valence-electron chi connectivity index (χ0n) is 19.7. The number of carbonyl (C=O) groups excluding carboxylic acids is 1. The van der Waals surface area contributed by atoms with E-state index in [1.54, 1.807) is 49.4 Å². The topological polar surface area (TPSA) is 158 Å². The predicted molar refractivity (Wildman–Crippen MR) is 144 cm³/mol. The molecule has 11 nitrogen and oxygen atoms in total. The fourth-order valence-corrected chi connectivity index (χ4v) is 6.18. The van der Waals surface area contributed by atoms with E-state index in [-0.39, 0.29) is 32.0 Å². The Morgan fingerprint density at radius 2 is 1.63 bits per heavy atom. The summed E-state index contributed by atoms with van der Waals surface area (Å²) < 4.78 is 60.6. The normalized spacial score (nSPS) is 16.2. The minimum Gasteiger partial charge on any atom is -0.282 e. The Labute approximate surface area is 228 Å². The molecule has 2 N–H and O–H groups in total. The van der Waals surface area contributed by atoms with Crippen LogP contribution in [0.2, 0.25) is 10.0 Å². The number of hydrazone groups is 1. The average Bonchev–Trinajstić information content (AvgIpc) is 3.12. The first-order valence-corrected chi connectivity index (χ1v) is 14.4. The number of sulfonamides is 1. The molecule has 0 aromatic heterocycles. The highest BCUT2D eigenvalue weighted by atomic mass is 35.5. The summed E-state index contributed by atoms with van der Waals surface area (Å²) in [5.74, 6) is -0.658. The smallest absolute Gasteiger partial charge is 0.282 e. The van der Waals surface area contributed by atoms with Crippen LogP contribution >= 0.6 is 23.2 Å². The molecule has 0 fully saturated rings. The van der Waals surface area contributed by atoms with Gasteiger partial charge in [-0.15, -0.1) is 0 Å². The Morgan fingerprint density at radius 3 is 2.29 bits per heavy atom. The number of aryl methyl sites for hydroxylation is 1. The van der Waals surface area contributed by atoms with Gasteiger partial charge in [-0.2, -0.15) is 28.8 Å². The number of benzene rings is 3. The number of nitrogens with zero attached hydrogens (tertiary/aromatic N) is 4. The summed E-state index contributed by atoms with van der Waals surface area (Å²) in [6.45, 7) is 3.16. The van der Waals surface area contributed by atoms with Crippen LogP contribution in [0.1, 0.15) is 12.5 Å². The van der Waals surface area contributed by atoms with Crippen LogP contribution in [0.15, 0.2) is 85.8 Å². The second-order valence-electron chi connectivity index (χ2n) is 8.14. The first kappa shape index (κ1) is 27.7. The highest BCUT2D eigenvalue weighted by Crippen LogP contribution is 2.36. The molecule has 1 amide bonds. The third kappa shape index (κ3) is 5.71. The number of hydrogen-bond donors (Lipinski definition) is 2. The Morgan fingerprint density at radius 1 is 0.947 bits per heavy atom. The van der Waals surface area contributed by atoms with Crippen molar-refractivity contribution in [1.29, 1.82) is 0 Å². The van der Waals surface area contributed by atoms with E-state index in [0.29, 0.717) is 11.3 Å². The van der Waals surface area contributed by atoms with Crippen LogP contribution in [0.5, 0.6) is 0 Å². The Bertz CT molecular complexity index is 1710. The van der Waals surface area contributed by atoms with Gasteiger partial charge in [0, 0.05) is 5.69 Å². The maximum atomic E-state index is 13.0. The molecule has 0 radical (unpaired) electrons. The summed E-state index contributed by atoms with van der Waals surface area (Å²) in [6.07, 6.45) is 0. The van der Waals surface area contributed by atoms with Gasteiger partial charge in [0.1, 0.15) is 4.90 Å². The standard InChI is InChI=1S/C23H19Cl2N5O6S2/c1-13-8-9-16(10-20(13)37(32,33)29-15-6-4-3-5-7-15)26-27-22-14(2)28-30(23(22)31)19-11-18(25)21(12-17(19)24)38(34,35)36/h3-12,22,29H,1-2H3,(H,34,35,36)/t22-/m0/s1. The van der Waals surface area contributed by atoms with Crippen molar-refractivity contribution in [2.24, 2.45) is 15.3 Å². The molecule has 0 spiro atoms. The minimum atomic E-state index is -4.64. The first-order valence-electron chi connectivity index (χ1n) is 10.7. The number of nitrogens with one attached hydrogen (secondary N) is 1. The molecule has 0 aliphatic carbocycles. The second-order valence-corrected chi connectivity index (χ2v) is 12.0. The molecule has 15 heteroatoms. The number of carbonyl (C=O) groups is 1. The SMILES string of the molecule is CC1=NN(c2cc(Cl)c(S(=O)(=O)O)cc2Cl)C(=O)[C@H]1N=Nc1ccc(C)c(S(=O)(=O)Nc2ccccc2)c1. The molecule has 0 bridgehead atoms. The largest absolute Gasteiger partial charge is 0.296 e. The molecule has 38 heavy (non-hydrogen) atoms. The molecule has 1 aliphatic heterocycles. The van der Waals surface area contributed by atoms with E-state index in [9.17, 15) is 26.2 Å². The van der Waals surface area contributed by atoms with Gasteiger partial charge in [0.25, 0.3) is 26.0 Å². The molecule has 1 atom stereocenters. The zero-order valence-corrected chi connectivity index (χ0v) is 22.8. The highest BCUT2D eigenvalue weighted by molar-refractivity contribution is 7.92. The molecule has 1 heterocycles. The number of azo groups is 1. The van der Waals surface area contributed by atoms with Crippen molar-refractivity contribution >= 4 is 72.0 Å². The third-order valence-corrected chi connectivity index (χ3v) is 8.52. The van der Waals surface area contributed by atoms with Crippen molar-refractivity contribution in [3.63, 3.8) is 0 Å². The first-order chi connectivity index (χ1) is 17.8. The van der Waals surface area contributed by atoms with Gasteiger partial charge in [-0.25, -0.2) is 8.42 Å². The summed E-state index contributed by atoms with van der Waals surface area (Å²) in [4.78, 5) is 12.4. The van der Waals surface area contributed by atoms with E-state index in [1.165, 1.54) is 13.0 Å². The molecule has 0 unspecified atom stereocenters. The van der Waals surface area contributed by atoms with Crippen LogP contribution in [-0.4, -0.2) is 39.0 Å². The number of anilines is 2. The summed E-state index contributed by atoms with van der Waals surface area (Å²) >= 11 is 12.1. The molecular weight excluding hydrogens is 577 g/mol. The van der Waals surface area contributed by atoms with Crippen molar-refractivity contribution in [2.75, 3.05) is 9.73 Å². The molecule has 198 valence electrons. The van der Waals surface area contributed by atoms with E-state index in [2.05, 4.69) is 20.1 Å². The van der Waals surface area contributed by atoms with Crippen molar-refractivity contribution in [3.8, 4) is 0 Å². The molecule has 0 saturated carbocycles. The number of hydrogen-bond acceptors (Lipinski definition) is 8. The molecule has 4 rings (SSSR count). The zero-order chi connectivity index (χ0) is 27.8. The second kappa shape index (κ2) is 10.4. The maximum Gasteiger partial charge on any atom is 0.296 e. The van der Waals surface area contributed by atoms with E-state index in [0.717, 1.165) is 17.1 Å². The fourth-order valence-electron chi connectivity index (χ4n) is 3.52. The van der Waals surface area contributed by atoms with Crippen molar-refractivity contribution < 1.29 is 26.2 Å². The van der Waals surface area contributed by atoms with Gasteiger partial charge >= 0.3 is 0 Å². The molecular formula is C23H19Cl2N5O6S2. The van der Waals surface area contributed by atoms with E-state index >= 15 is 0 Å². The Hall–Kier alpha value is -3.36. The van der Waals surface area contributed by atoms with Crippen molar-refractivity contribution in [1.82, 2.24) is 0 Å². The molecule has 3 aromatic carbocycles. The minimum absolute atomic E-state index is 0.0112. The third-order valence-electron chi connectivity index (χ3n) is 5.38. The van der Waals surface area contributed by atoms with Crippen LogP contribution in [0.25, 0.3) is 0 Å². The fraction of sp³-hybridized carbons (Fsp3) is 0.130. The lowest BCUT2D eigenvalue weighted by Gasteiger charge is -2.15. The van der Waals surface area contributed by atoms with Crippen molar-refractivity contribution in [3.05, 3.63) is 76.3 Å². The lowest BCUT2D eigenvalue weighted by atomic mass is 10.2. The summed E-state index contributed by atoms with van der Waals surface area (Å²) in [7, 11) is -8.57.